The second-order valence-electron chi connectivity index (χ2n) is 6.14. The standard InChI is InChI=1S/C14H17F7N2O3S/c1-26-23-10-4-2-9(3-5-10)11(8-22)27(24,25)7-6-12(15,13(16,17)18)14(19,20)21/h9,11H,2-7H2,1H3. The Morgan fingerprint density at radius 3 is 2.00 bits per heavy atom. The lowest BCUT2D eigenvalue weighted by atomic mass is 9.86. The number of oxime groups is 1. The Balaban J connectivity index is 2.95. The van der Waals surface area contributed by atoms with Gasteiger partial charge in [0.2, 0.25) is 0 Å². The molecule has 0 aromatic rings. The average molecular weight is 426 g/mol. The van der Waals surface area contributed by atoms with Crippen molar-refractivity contribution in [1.82, 2.24) is 0 Å². The SMILES string of the molecule is CON=C1CCC(C(C#N)S(=O)(=O)CCC(F)(C(F)(F)F)C(F)(F)F)CC1. The number of nitriles is 1. The summed E-state index contributed by atoms with van der Waals surface area (Å²) in [5.74, 6) is -2.56. The maximum atomic E-state index is 13.7. The first-order chi connectivity index (χ1) is 12.2. The molecule has 0 radical (unpaired) electrons. The molecule has 27 heavy (non-hydrogen) atoms. The van der Waals surface area contributed by atoms with E-state index >= 15 is 0 Å². The summed E-state index contributed by atoms with van der Waals surface area (Å²) >= 11 is 0. The zero-order valence-corrected chi connectivity index (χ0v) is 14.9. The maximum Gasteiger partial charge on any atom is 0.431 e. The summed E-state index contributed by atoms with van der Waals surface area (Å²) in [6.07, 6.45) is -14.2. The number of hydrogen-bond donors (Lipinski definition) is 0. The molecule has 156 valence electrons. The highest BCUT2D eigenvalue weighted by Gasteiger charge is 2.72. The van der Waals surface area contributed by atoms with Gasteiger partial charge in [-0.15, -0.1) is 0 Å². The van der Waals surface area contributed by atoms with Crippen molar-refractivity contribution in [2.45, 2.75) is 55.4 Å². The maximum absolute atomic E-state index is 13.7. The van der Waals surface area contributed by atoms with Gasteiger partial charge in [-0.3, -0.25) is 0 Å². The smallest absolute Gasteiger partial charge is 0.399 e. The Labute approximate surface area is 151 Å². The minimum Gasteiger partial charge on any atom is -0.399 e. The van der Waals surface area contributed by atoms with Crippen LogP contribution in [0.2, 0.25) is 0 Å². The van der Waals surface area contributed by atoms with E-state index < -0.39 is 51.2 Å². The first kappa shape index (κ1) is 23.5. The Bertz CT molecular complexity index is 671. The largest absolute Gasteiger partial charge is 0.431 e. The van der Waals surface area contributed by atoms with Gasteiger partial charge in [0.1, 0.15) is 7.11 Å². The van der Waals surface area contributed by atoms with Crippen LogP contribution in [0.25, 0.3) is 0 Å². The molecule has 1 aliphatic carbocycles. The van der Waals surface area contributed by atoms with Crippen LogP contribution in [0.3, 0.4) is 0 Å². The molecular weight excluding hydrogens is 409 g/mol. The molecule has 1 aliphatic rings. The Morgan fingerprint density at radius 1 is 1.15 bits per heavy atom. The molecule has 13 heteroatoms. The first-order valence-corrected chi connectivity index (χ1v) is 9.43. The number of alkyl halides is 7. The molecule has 1 fully saturated rings. The number of rotatable bonds is 6. The van der Waals surface area contributed by atoms with E-state index in [4.69, 9.17) is 5.26 Å². The second-order valence-corrected chi connectivity index (χ2v) is 8.38. The quantitative estimate of drug-likeness (QED) is 0.479. The van der Waals surface area contributed by atoms with E-state index in [0.29, 0.717) is 5.71 Å². The van der Waals surface area contributed by atoms with Crippen LogP contribution >= 0.6 is 0 Å². The monoisotopic (exact) mass is 426 g/mol. The van der Waals surface area contributed by atoms with Gasteiger partial charge in [-0.05, 0) is 31.6 Å². The summed E-state index contributed by atoms with van der Waals surface area (Å²) in [7, 11) is -3.43. The summed E-state index contributed by atoms with van der Waals surface area (Å²) in [6, 6.07) is 1.43. The molecule has 0 saturated heterocycles. The lowest BCUT2D eigenvalue weighted by Crippen LogP contribution is -2.54. The van der Waals surface area contributed by atoms with Crippen LogP contribution in [0, 0.1) is 17.2 Å². The number of sulfone groups is 1. The Kier molecular flexibility index (Phi) is 7.12. The lowest BCUT2D eigenvalue weighted by molar-refractivity contribution is -0.341. The van der Waals surface area contributed by atoms with Crippen molar-refractivity contribution in [3.63, 3.8) is 0 Å². The van der Waals surface area contributed by atoms with Crippen molar-refractivity contribution >= 4 is 15.5 Å². The number of nitrogens with zero attached hydrogens (tertiary/aromatic N) is 2. The number of hydrogen-bond acceptors (Lipinski definition) is 5. The van der Waals surface area contributed by atoms with E-state index in [0.717, 1.165) is 0 Å². The highest BCUT2D eigenvalue weighted by Crippen LogP contribution is 2.48. The lowest BCUT2D eigenvalue weighted by Gasteiger charge is -2.31. The molecule has 1 atom stereocenters. The Hall–Kier alpha value is -1.58. The first-order valence-electron chi connectivity index (χ1n) is 7.72. The van der Waals surface area contributed by atoms with Gasteiger partial charge >= 0.3 is 12.4 Å². The van der Waals surface area contributed by atoms with Crippen molar-refractivity contribution in [1.29, 1.82) is 5.26 Å². The van der Waals surface area contributed by atoms with Gasteiger partial charge in [0.15, 0.2) is 15.1 Å². The third-order valence-electron chi connectivity index (χ3n) is 4.40. The van der Waals surface area contributed by atoms with Gasteiger partial charge in [0.25, 0.3) is 5.67 Å². The zero-order valence-electron chi connectivity index (χ0n) is 14.1. The van der Waals surface area contributed by atoms with Gasteiger partial charge in [0, 0.05) is 6.42 Å². The molecular formula is C14H17F7N2O3S. The van der Waals surface area contributed by atoms with Gasteiger partial charge in [0.05, 0.1) is 17.5 Å². The molecule has 0 aliphatic heterocycles. The molecule has 1 rings (SSSR count). The van der Waals surface area contributed by atoms with Crippen molar-refractivity contribution in [3.8, 4) is 6.07 Å². The summed E-state index contributed by atoms with van der Waals surface area (Å²) in [6.45, 7) is 0. The van der Waals surface area contributed by atoms with Gasteiger partial charge < -0.3 is 4.84 Å². The summed E-state index contributed by atoms with van der Waals surface area (Å²) in [5.41, 5.74) is -5.07. The zero-order chi connectivity index (χ0) is 21.1. The van der Waals surface area contributed by atoms with Crippen molar-refractivity contribution < 1.29 is 44.0 Å². The van der Waals surface area contributed by atoms with E-state index in [1.165, 1.54) is 13.2 Å². The molecule has 1 unspecified atom stereocenters. The van der Waals surface area contributed by atoms with Crippen molar-refractivity contribution in [2.75, 3.05) is 12.9 Å². The van der Waals surface area contributed by atoms with Gasteiger partial charge in [-0.25, -0.2) is 12.8 Å². The third-order valence-corrected chi connectivity index (χ3v) is 6.44. The van der Waals surface area contributed by atoms with Crippen LogP contribution in [0.4, 0.5) is 30.7 Å². The molecule has 5 nitrogen and oxygen atoms in total. The topological polar surface area (TPSA) is 79.5 Å². The fourth-order valence-corrected chi connectivity index (χ4v) is 4.67. The summed E-state index contributed by atoms with van der Waals surface area (Å²) < 4.78 is 113. The number of halogens is 7. The normalized spacial score (nSPS) is 20.7. The van der Waals surface area contributed by atoms with Crippen LogP contribution in [0.5, 0.6) is 0 Å². The molecule has 0 spiro atoms. The minimum atomic E-state index is -6.33. The average Bonchev–Trinajstić information content (AvgIpc) is 2.53. The minimum absolute atomic E-state index is 0.138. The summed E-state index contributed by atoms with van der Waals surface area (Å²) in [4.78, 5) is 4.56. The molecule has 0 aromatic heterocycles. The summed E-state index contributed by atoms with van der Waals surface area (Å²) in [5, 5.41) is 11.0. The predicted molar refractivity (Wildman–Crippen MR) is 80.2 cm³/mol. The van der Waals surface area contributed by atoms with E-state index in [9.17, 15) is 39.2 Å². The molecule has 0 heterocycles. The van der Waals surface area contributed by atoms with Crippen molar-refractivity contribution in [3.05, 3.63) is 0 Å². The fourth-order valence-electron chi connectivity index (χ4n) is 2.83. The van der Waals surface area contributed by atoms with Crippen molar-refractivity contribution in [2.24, 2.45) is 11.1 Å². The molecule has 0 N–H and O–H groups in total. The second kappa shape index (κ2) is 8.20. The molecule has 1 saturated carbocycles. The van der Waals surface area contributed by atoms with Crippen LogP contribution in [0.15, 0.2) is 5.16 Å². The van der Waals surface area contributed by atoms with Gasteiger partial charge in [-0.1, -0.05) is 5.16 Å². The Morgan fingerprint density at radius 2 is 1.63 bits per heavy atom. The molecule has 0 aromatic carbocycles. The predicted octanol–water partition coefficient (Wildman–Crippen LogP) is 3.71. The van der Waals surface area contributed by atoms with E-state index in [1.54, 1.807) is 0 Å². The molecule has 0 amide bonds. The third kappa shape index (κ3) is 5.24. The fraction of sp³-hybridized carbons (Fsp3) is 0.857. The molecule has 0 bridgehead atoms. The van der Waals surface area contributed by atoms with Crippen LogP contribution in [0.1, 0.15) is 32.1 Å². The van der Waals surface area contributed by atoms with E-state index in [1.807, 2.05) is 0 Å². The highest BCUT2D eigenvalue weighted by atomic mass is 32.2. The van der Waals surface area contributed by atoms with Crippen LogP contribution in [-0.2, 0) is 14.7 Å². The van der Waals surface area contributed by atoms with Crippen LogP contribution < -0.4 is 0 Å². The van der Waals surface area contributed by atoms with E-state index in [-0.39, 0.29) is 25.7 Å². The van der Waals surface area contributed by atoms with Crippen LogP contribution in [-0.4, -0.2) is 50.3 Å². The highest BCUT2D eigenvalue weighted by molar-refractivity contribution is 7.92. The van der Waals surface area contributed by atoms with E-state index in [2.05, 4.69) is 9.99 Å². The van der Waals surface area contributed by atoms with Gasteiger partial charge in [-0.2, -0.15) is 31.6 Å².